The summed E-state index contributed by atoms with van der Waals surface area (Å²) in [5.74, 6) is 0.610. The van der Waals surface area contributed by atoms with Crippen molar-refractivity contribution in [3.63, 3.8) is 0 Å². The summed E-state index contributed by atoms with van der Waals surface area (Å²) in [6.07, 6.45) is 0. The number of hydrogen-bond donors (Lipinski definition) is 1. The first-order valence-corrected chi connectivity index (χ1v) is 10.0. The molecule has 28 heavy (non-hydrogen) atoms. The fourth-order valence-electron chi connectivity index (χ4n) is 2.46. The molecular formula is C22H26BrNO4. The minimum Gasteiger partial charge on any atom is -0.483 e. The first-order chi connectivity index (χ1) is 13.3. The van der Waals surface area contributed by atoms with E-state index in [1.165, 1.54) is 0 Å². The molecule has 6 heteroatoms. The van der Waals surface area contributed by atoms with Crippen molar-refractivity contribution >= 4 is 33.5 Å². The zero-order valence-corrected chi connectivity index (χ0v) is 18.2. The van der Waals surface area contributed by atoms with Gasteiger partial charge in [-0.25, -0.2) is 4.79 Å². The van der Waals surface area contributed by atoms with E-state index >= 15 is 0 Å². The van der Waals surface area contributed by atoms with Gasteiger partial charge in [-0.1, -0.05) is 43.6 Å². The molecule has 5 nitrogen and oxygen atoms in total. The van der Waals surface area contributed by atoms with Gasteiger partial charge in [-0.3, -0.25) is 4.79 Å². The van der Waals surface area contributed by atoms with Crippen molar-refractivity contribution < 1.29 is 19.1 Å². The molecule has 0 spiro atoms. The van der Waals surface area contributed by atoms with Crippen LogP contribution in [0.25, 0.3) is 0 Å². The summed E-state index contributed by atoms with van der Waals surface area (Å²) in [4.78, 5) is 24.1. The molecule has 150 valence electrons. The molecule has 0 atom stereocenters. The molecule has 2 rings (SSSR count). The van der Waals surface area contributed by atoms with Crippen LogP contribution in [0.2, 0.25) is 0 Å². The number of rotatable bonds is 8. The van der Waals surface area contributed by atoms with E-state index in [0.717, 1.165) is 10.0 Å². The molecule has 0 aliphatic heterocycles. The maximum Gasteiger partial charge on any atom is 0.338 e. The number of ether oxygens (including phenoxy) is 2. The highest BCUT2D eigenvalue weighted by atomic mass is 79.9. The van der Waals surface area contributed by atoms with E-state index < -0.39 is 0 Å². The highest BCUT2D eigenvalue weighted by Crippen LogP contribution is 2.29. The maximum absolute atomic E-state index is 12.2. The van der Waals surface area contributed by atoms with Crippen LogP contribution in [0.4, 0.5) is 5.69 Å². The lowest BCUT2D eigenvalue weighted by Gasteiger charge is -2.14. The summed E-state index contributed by atoms with van der Waals surface area (Å²) in [5, 5.41) is 2.76. The molecule has 0 saturated heterocycles. The molecule has 0 radical (unpaired) electrons. The molecule has 0 heterocycles. The monoisotopic (exact) mass is 447 g/mol. The smallest absolute Gasteiger partial charge is 0.338 e. The van der Waals surface area contributed by atoms with Crippen LogP contribution < -0.4 is 10.1 Å². The molecule has 1 N–H and O–H groups in total. The van der Waals surface area contributed by atoms with Gasteiger partial charge in [-0.15, -0.1) is 0 Å². The quantitative estimate of drug-likeness (QED) is 0.549. The third-order valence-electron chi connectivity index (χ3n) is 3.90. The Morgan fingerprint density at radius 2 is 1.71 bits per heavy atom. The topological polar surface area (TPSA) is 64.6 Å². The fraction of sp³-hybridized carbons (Fsp3) is 0.364. The molecule has 0 aliphatic carbocycles. The third-order valence-corrected chi connectivity index (χ3v) is 4.40. The fourth-order valence-corrected chi connectivity index (χ4v) is 2.84. The van der Waals surface area contributed by atoms with Gasteiger partial charge >= 0.3 is 5.97 Å². The second-order valence-corrected chi connectivity index (χ2v) is 8.16. The normalized spacial score (nSPS) is 10.8. The van der Waals surface area contributed by atoms with Crippen molar-refractivity contribution in [1.29, 1.82) is 0 Å². The van der Waals surface area contributed by atoms with E-state index in [9.17, 15) is 9.59 Å². The summed E-state index contributed by atoms with van der Waals surface area (Å²) < 4.78 is 11.9. The molecule has 0 unspecified atom stereocenters. The van der Waals surface area contributed by atoms with Crippen LogP contribution in [-0.4, -0.2) is 25.1 Å². The lowest BCUT2D eigenvalue weighted by molar-refractivity contribution is -0.118. The largest absolute Gasteiger partial charge is 0.483 e. The lowest BCUT2D eigenvalue weighted by Crippen LogP contribution is -2.20. The number of halogens is 1. The van der Waals surface area contributed by atoms with Gasteiger partial charge in [-0.05, 0) is 59.9 Å². The van der Waals surface area contributed by atoms with Gasteiger partial charge in [0.25, 0.3) is 5.91 Å². The Morgan fingerprint density at radius 1 is 1.04 bits per heavy atom. The summed E-state index contributed by atoms with van der Waals surface area (Å²) in [6.45, 7) is 8.38. The second-order valence-electron chi connectivity index (χ2n) is 7.24. The van der Waals surface area contributed by atoms with Gasteiger partial charge in [-0.2, -0.15) is 0 Å². The zero-order valence-electron chi connectivity index (χ0n) is 16.6. The minimum absolute atomic E-state index is 0.0977. The standard InChI is InChI=1S/C22H26BrNO4/c1-14(2)12-28-22(26)16-5-8-18(9-6-16)24-21(25)13-27-20-10-7-17(23)11-19(20)15(3)4/h5-11,14-15H,12-13H2,1-4H3,(H,24,25). The Morgan fingerprint density at radius 3 is 2.32 bits per heavy atom. The first kappa shape index (κ1) is 22.0. The van der Waals surface area contributed by atoms with E-state index in [-0.39, 0.29) is 30.3 Å². The average molecular weight is 448 g/mol. The number of esters is 1. The Labute approximate surface area is 174 Å². The predicted molar refractivity (Wildman–Crippen MR) is 114 cm³/mol. The van der Waals surface area contributed by atoms with Crippen LogP contribution in [0.5, 0.6) is 5.75 Å². The number of carbonyl (C=O) groups excluding carboxylic acids is 2. The highest BCUT2D eigenvalue weighted by molar-refractivity contribution is 9.10. The lowest BCUT2D eigenvalue weighted by atomic mass is 10.0. The number of nitrogens with one attached hydrogen (secondary N) is 1. The Hall–Kier alpha value is -2.34. The van der Waals surface area contributed by atoms with E-state index in [2.05, 4.69) is 35.1 Å². The molecule has 0 bridgehead atoms. The van der Waals surface area contributed by atoms with Gasteiger partial charge < -0.3 is 14.8 Å². The van der Waals surface area contributed by atoms with Crippen LogP contribution >= 0.6 is 15.9 Å². The van der Waals surface area contributed by atoms with Crippen LogP contribution in [-0.2, 0) is 9.53 Å². The van der Waals surface area contributed by atoms with Crippen molar-refractivity contribution in [2.45, 2.75) is 33.6 Å². The Bertz CT molecular complexity index is 816. The Kier molecular flexibility index (Phi) is 8.05. The van der Waals surface area contributed by atoms with Gasteiger partial charge in [0.1, 0.15) is 5.75 Å². The van der Waals surface area contributed by atoms with Crippen molar-refractivity contribution in [2.24, 2.45) is 5.92 Å². The van der Waals surface area contributed by atoms with Crippen molar-refractivity contribution in [3.8, 4) is 5.75 Å². The number of hydrogen-bond acceptors (Lipinski definition) is 4. The predicted octanol–water partition coefficient (Wildman–Crippen LogP) is 5.40. The molecular weight excluding hydrogens is 422 g/mol. The van der Waals surface area contributed by atoms with E-state index in [1.54, 1.807) is 24.3 Å². The van der Waals surface area contributed by atoms with Crippen LogP contribution in [0, 0.1) is 5.92 Å². The summed E-state index contributed by atoms with van der Waals surface area (Å²) >= 11 is 3.45. The minimum atomic E-state index is -0.369. The molecule has 0 aromatic heterocycles. The van der Waals surface area contributed by atoms with Gasteiger partial charge in [0, 0.05) is 10.2 Å². The van der Waals surface area contributed by atoms with E-state index in [1.807, 2.05) is 32.0 Å². The molecule has 1 amide bonds. The third kappa shape index (κ3) is 6.68. The molecule has 0 aliphatic rings. The van der Waals surface area contributed by atoms with Gasteiger partial charge in [0.2, 0.25) is 0 Å². The maximum atomic E-state index is 12.2. The molecule has 0 fully saturated rings. The molecule has 2 aromatic carbocycles. The van der Waals surface area contributed by atoms with Crippen molar-refractivity contribution in [3.05, 3.63) is 58.1 Å². The number of benzene rings is 2. The molecule has 2 aromatic rings. The van der Waals surface area contributed by atoms with Crippen molar-refractivity contribution in [1.82, 2.24) is 0 Å². The Balaban J connectivity index is 1.91. The molecule has 0 saturated carbocycles. The number of carbonyl (C=O) groups is 2. The SMILES string of the molecule is CC(C)COC(=O)c1ccc(NC(=O)COc2ccc(Br)cc2C(C)C)cc1. The van der Waals surface area contributed by atoms with Gasteiger partial charge in [0.15, 0.2) is 6.61 Å². The van der Waals surface area contributed by atoms with Crippen molar-refractivity contribution in [2.75, 3.05) is 18.5 Å². The van der Waals surface area contributed by atoms with Crippen LogP contribution in [0.1, 0.15) is 49.5 Å². The number of amides is 1. The summed E-state index contributed by atoms with van der Waals surface area (Å²) in [6, 6.07) is 12.3. The van der Waals surface area contributed by atoms with Crippen LogP contribution in [0.15, 0.2) is 46.9 Å². The zero-order chi connectivity index (χ0) is 20.7. The average Bonchev–Trinajstić information content (AvgIpc) is 2.65. The number of anilines is 1. The van der Waals surface area contributed by atoms with Gasteiger partial charge in [0.05, 0.1) is 12.2 Å². The first-order valence-electron chi connectivity index (χ1n) is 9.25. The second kappa shape index (κ2) is 10.3. The van der Waals surface area contributed by atoms with E-state index in [0.29, 0.717) is 23.6 Å². The van der Waals surface area contributed by atoms with E-state index in [4.69, 9.17) is 9.47 Å². The summed E-state index contributed by atoms with van der Waals surface area (Å²) in [5.41, 5.74) is 2.08. The summed E-state index contributed by atoms with van der Waals surface area (Å²) in [7, 11) is 0. The highest BCUT2D eigenvalue weighted by Gasteiger charge is 2.12. The van der Waals surface area contributed by atoms with Crippen LogP contribution in [0.3, 0.4) is 0 Å².